The lowest BCUT2D eigenvalue weighted by atomic mass is 9.90. The van der Waals surface area contributed by atoms with E-state index < -0.39 is 0 Å². The first-order valence-electron chi connectivity index (χ1n) is 6.76. The van der Waals surface area contributed by atoms with Crippen LogP contribution in [0.5, 0.6) is 0 Å². The van der Waals surface area contributed by atoms with Crippen molar-refractivity contribution < 1.29 is 0 Å². The van der Waals surface area contributed by atoms with Gasteiger partial charge in [0.2, 0.25) is 0 Å². The molecule has 0 aromatic carbocycles. The van der Waals surface area contributed by atoms with Gasteiger partial charge in [-0.15, -0.1) is 11.3 Å². The summed E-state index contributed by atoms with van der Waals surface area (Å²) in [5, 5.41) is 6.18. The molecule has 2 aliphatic rings. The van der Waals surface area contributed by atoms with E-state index in [0.29, 0.717) is 6.04 Å². The van der Waals surface area contributed by atoms with Crippen molar-refractivity contribution in [3.63, 3.8) is 0 Å². The van der Waals surface area contributed by atoms with Crippen molar-refractivity contribution in [2.45, 2.75) is 63.5 Å². The molecular weight excluding hydrogens is 214 g/mol. The lowest BCUT2D eigenvalue weighted by Gasteiger charge is -2.31. The molecule has 88 valence electrons. The molecule has 1 aromatic heterocycles. The van der Waals surface area contributed by atoms with Gasteiger partial charge in [0.1, 0.15) is 0 Å². The third-order valence-corrected chi connectivity index (χ3v) is 5.09. The van der Waals surface area contributed by atoms with E-state index in [1.54, 1.807) is 10.4 Å². The second-order valence-electron chi connectivity index (χ2n) is 5.25. The molecule has 0 bridgehead atoms. The molecule has 0 aliphatic heterocycles. The van der Waals surface area contributed by atoms with E-state index in [-0.39, 0.29) is 0 Å². The fourth-order valence-corrected chi connectivity index (χ4v) is 4.20. The van der Waals surface area contributed by atoms with Crippen molar-refractivity contribution in [2.75, 3.05) is 0 Å². The van der Waals surface area contributed by atoms with Crippen LogP contribution in [-0.2, 0) is 6.42 Å². The normalized spacial score (nSPS) is 26.6. The SMILES string of the molecule is c1cc2c(s1)CCCC2NC1CCCCC1. The average Bonchev–Trinajstić information content (AvgIpc) is 2.80. The summed E-state index contributed by atoms with van der Waals surface area (Å²) in [6.45, 7) is 0. The molecule has 1 unspecified atom stereocenters. The molecule has 0 amide bonds. The smallest absolute Gasteiger partial charge is 0.0333 e. The van der Waals surface area contributed by atoms with Crippen LogP contribution in [-0.4, -0.2) is 6.04 Å². The minimum atomic E-state index is 0.665. The highest BCUT2D eigenvalue weighted by Gasteiger charge is 2.24. The fourth-order valence-electron chi connectivity index (χ4n) is 3.21. The Hall–Kier alpha value is -0.340. The number of hydrogen-bond donors (Lipinski definition) is 1. The van der Waals surface area contributed by atoms with Crippen molar-refractivity contribution >= 4 is 11.3 Å². The van der Waals surface area contributed by atoms with E-state index in [2.05, 4.69) is 16.8 Å². The molecular formula is C14H21NS. The highest BCUT2D eigenvalue weighted by Crippen LogP contribution is 2.34. The molecule has 2 heteroatoms. The van der Waals surface area contributed by atoms with Gasteiger partial charge in [-0.2, -0.15) is 0 Å². The summed E-state index contributed by atoms with van der Waals surface area (Å²) < 4.78 is 0. The number of rotatable bonds is 2. The number of hydrogen-bond acceptors (Lipinski definition) is 2. The van der Waals surface area contributed by atoms with Crippen LogP contribution in [0.25, 0.3) is 0 Å². The molecule has 1 atom stereocenters. The van der Waals surface area contributed by atoms with Gasteiger partial charge in [-0.1, -0.05) is 19.3 Å². The predicted octanol–water partition coefficient (Wildman–Crippen LogP) is 4.05. The van der Waals surface area contributed by atoms with Crippen LogP contribution in [0.15, 0.2) is 11.4 Å². The summed E-state index contributed by atoms with van der Waals surface area (Å²) in [4.78, 5) is 1.64. The molecule has 2 aliphatic carbocycles. The minimum Gasteiger partial charge on any atom is -0.307 e. The average molecular weight is 235 g/mol. The van der Waals surface area contributed by atoms with E-state index in [4.69, 9.17) is 0 Å². The van der Waals surface area contributed by atoms with Gasteiger partial charge in [0.25, 0.3) is 0 Å². The second-order valence-corrected chi connectivity index (χ2v) is 6.25. The molecule has 16 heavy (non-hydrogen) atoms. The Morgan fingerprint density at radius 2 is 1.94 bits per heavy atom. The van der Waals surface area contributed by atoms with Crippen LogP contribution in [0.2, 0.25) is 0 Å². The molecule has 1 nitrogen and oxygen atoms in total. The maximum atomic E-state index is 3.91. The third-order valence-electron chi connectivity index (χ3n) is 4.09. The topological polar surface area (TPSA) is 12.0 Å². The van der Waals surface area contributed by atoms with Crippen LogP contribution >= 0.6 is 11.3 Å². The molecule has 1 N–H and O–H groups in total. The van der Waals surface area contributed by atoms with Gasteiger partial charge >= 0.3 is 0 Å². The molecule has 0 radical (unpaired) electrons. The van der Waals surface area contributed by atoms with E-state index in [0.717, 1.165) is 6.04 Å². The van der Waals surface area contributed by atoms with Gasteiger partial charge in [0, 0.05) is 17.0 Å². The largest absolute Gasteiger partial charge is 0.307 e. The first-order chi connectivity index (χ1) is 7.93. The lowest BCUT2D eigenvalue weighted by molar-refractivity contribution is 0.322. The highest BCUT2D eigenvalue weighted by molar-refractivity contribution is 7.10. The van der Waals surface area contributed by atoms with Gasteiger partial charge in [0.05, 0.1) is 0 Å². The van der Waals surface area contributed by atoms with Gasteiger partial charge in [0.15, 0.2) is 0 Å². The molecule has 0 spiro atoms. The highest BCUT2D eigenvalue weighted by atomic mass is 32.1. The zero-order chi connectivity index (χ0) is 10.8. The summed E-state index contributed by atoms with van der Waals surface area (Å²) >= 11 is 1.95. The van der Waals surface area contributed by atoms with E-state index in [1.165, 1.54) is 51.4 Å². The zero-order valence-electron chi connectivity index (χ0n) is 9.87. The first kappa shape index (κ1) is 10.8. The van der Waals surface area contributed by atoms with Crippen molar-refractivity contribution in [3.05, 3.63) is 21.9 Å². The van der Waals surface area contributed by atoms with Crippen molar-refractivity contribution in [1.82, 2.24) is 5.32 Å². The summed E-state index contributed by atoms with van der Waals surface area (Å²) in [6, 6.07) is 3.81. The Bertz CT molecular complexity index is 338. The Kier molecular flexibility index (Phi) is 3.30. The molecule has 3 rings (SSSR count). The zero-order valence-corrected chi connectivity index (χ0v) is 10.7. The predicted molar refractivity (Wildman–Crippen MR) is 70.0 cm³/mol. The number of fused-ring (bicyclic) bond motifs is 1. The Labute approximate surface area is 102 Å². The third kappa shape index (κ3) is 2.18. The monoisotopic (exact) mass is 235 g/mol. The number of thiophene rings is 1. The van der Waals surface area contributed by atoms with Crippen LogP contribution in [0.3, 0.4) is 0 Å². The van der Waals surface area contributed by atoms with Gasteiger partial charge in [-0.05, 0) is 49.1 Å². The van der Waals surface area contributed by atoms with Crippen LogP contribution in [0.1, 0.15) is 61.4 Å². The molecule has 1 aromatic rings. The minimum absolute atomic E-state index is 0.665. The Balaban J connectivity index is 1.67. The van der Waals surface area contributed by atoms with Crippen LogP contribution < -0.4 is 5.32 Å². The van der Waals surface area contributed by atoms with Crippen LogP contribution in [0, 0.1) is 0 Å². The Morgan fingerprint density at radius 3 is 2.81 bits per heavy atom. The Morgan fingerprint density at radius 1 is 1.06 bits per heavy atom. The number of nitrogens with one attached hydrogen (secondary N) is 1. The maximum Gasteiger partial charge on any atom is 0.0333 e. The van der Waals surface area contributed by atoms with Crippen molar-refractivity contribution in [2.24, 2.45) is 0 Å². The van der Waals surface area contributed by atoms with E-state index in [1.807, 2.05) is 11.3 Å². The molecule has 1 saturated carbocycles. The van der Waals surface area contributed by atoms with Gasteiger partial charge < -0.3 is 5.32 Å². The molecule has 0 saturated heterocycles. The molecule has 1 heterocycles. The number of aryl methyl sites for hydroxylation is 1. The van der Waals surface area contributed by atoms with Crippen LogP contribution in [0.4, 0.5) is 0 Å². The maximum absolute atomic E-state index is 3.91. The van der Waals surface area contributed by atoms with Gasteiger partial charge in [-0.25, -0.2) is 0 Å². The summed E-state index contributed by atoms with van der Waals surface area (Å²) in [5.74, 6) is 0. The summed E-state index contributed by atoms with van der Waals surface area (Å²) in [7, 11) is 0. The van der Waals surface area contributed by atoms with E-state index in [9.17, 15) is 0 Å². The standard InChI is InChI=1S/C14H21NS/c1-2-5-11(6-3-1)15-13-7-4-8-14-12(13)9-10-16-14/h9-11,13,15H,1-8H2. The second kappa shape index (κ2) is 4.89. The van der Waals surface area contributed by atoms with Crippen molar-refractivity contribution in [3.8, 4) is 0 Å². The van der Waals surface area contributed by atoms with E-state index >= 15 is 0 Å². The lowest BCUT2D eigenvalue weighted by Crippen LogP contribution is -2.35. The molecule has 1 fully saturated rings. The summed E-state index contributed by atoms with van der Waals surface area (Å²) in [5.41, 5.74) is 1.61. The first-order valence-corrected chi connectivity index (χ1v) is 7.64. The quantitative estimate of drug-likeness (QED) is 0.815. The summed E-state index contributed by atoms with van der Waals surface area (Å²) in [6.07, 6.45) is 11.1. The van der Waals surface area contributed by atoms with Gasteiger partial charge in [-0.3, -0.25) is 0 Å². The fraction of sp³-hybridized carbons (Fsp3) is 0.714. The van der Waals surface area contributed by atoms with Crippen molar-refractivity contribution in [1.29, 1.82) is 0 Å².